The van der Waals surface area contributed by atoms with Crippen LogP contribution in [0.1, 0.15) is 70.6 Å². The van der Waals surface area contributed by atoms with Gasteiger partial charge in [0, 0.05) is 12.6 Å². The first-order valence-electron chi connectivity index (χ1n) is 7.83. The van der Waals surface area contributed by atoms with Gasteiger partial charge in [-0.25, -0.2) is 0 Å². The van der Waals surface area contributed by atoms with Gasteiger partial charge in [-0.3, -0.25) is 0 Å². The van der Waals surface area contributed by atoms with Crippen molar-refractivity contribution < 1.29 is 10.2 Å². The van der Waals surface area contributed by atoms with Crippen LogP contribution in [0.25, 0.3) is 0 Å². The SMILES string of the molecule is OC1CCCCCC1NCC1(O)CCCCCC1. The molecule has 0 amide bonds. The van der Waals surface area contributed by atoms with Gasteiger partial charge < -0.3 is 15.5 Å². The van der Waals surface area contributed by atoms with Crippen molar-refractivity contribution in [2.45, 2.75) is 88.4 Å². The molecule has 2 aliphatic carbocycles. The Kier molecular flexibility index (Phi) is 5.46. The molecular formula is C15H29NO2. The molecule has 2 rings (SSSR count). The van der Waals surface area contributed by atoms with Gasteiger partial charge in [-0.05, 0) is 25.7 Å². The van der Waals surface area contributed by atoms with Crippen molar-refractivity contribution >= 4 is 0 Å². The van der Waals surface area contributed by atoms with Crippen LogP contribution in [0, 0.1) is 0 Å². The van der Waals surface area contributed by atoms with Gasteiger partial charge >= 0.3 is 0 Å². The second-order valence-corrected chi connectivity index (χ2v) is 6.33. The molecule has 0 aromatic carbocycles. The topological polar surface area (TPSA) is 52.5 Å². The van der Waals surface area contributed by atoms with Gasteiger partial charge in [0.1, 0.15) is 0 Å². The molecule has 2 atom stereocenters. The lowest BCUT2D eigenvalue weighted by atomic mass is 9.93. The average molecular weight is 255 g/mol. The van der Waals surface area contributed by atoms with Gasteiger partial charge in [0.05, 0.1) is 11.7 Å². The summed E-state index contributed by atoms with van der Waals surface area (Å²) in [5.74, 6) is 0. The van der Waals surface area contributed by atoms with Crippen LogP contribution in [0.15, 0.2) is 0 Å². The summed E-state index contributed by atoms with van der Waals surface area (Å²) < 4.78 is 0. The zero-order valence-corrected chi connectivity index (χ0v) is 11.5. The Morgan fingerprint density at radius 1 is 0.889 bits per heavy atom. The Bertz CT molecular complexity index is 237. The molecule has 3 N–H and O–H groups in total. The maximum Gasteiger partial charge on any atom is 0.0771 e. The molecule has 0 saturated heterocycles. The Balaban J connectivity index is 1.81. The fourth-order valence-electron chi connectivity index (χ4n) is 3.41. The highest BCUT2D eigenvalue weighted by Crippen LogP contribution is 2.27. The molecular weight excluding hydrogens is 226 g/mol. The Labute approximate surface area is 111 Å². The summed E-state index contributed by atoms with van der Waals surface area (Å²) in [6.07, 6.45) is 12.0. The predicted octanol–water partition coefficient (Wildman–Crippen LogP) is 2.35. The molecule has 0 aliphatic heterocycles. The van der Waals surface area contributed by atoms with E-state index in [9.17, 15) is 10.2 Å². The normalized spacial score (nSPS) is 33.7. The predicted molar refractivity (Wildman–Crippen MR) is 73.5 cm³/mol. The molecule has 3 nitrogen and oxygen atoms in total. The Hall–Kier alpha value is -0.120. The third kappa shape index (κ3) is 4.22. The van der Waals surface area contributed by atoms with Gasteiger partial charge in [0.15, 0.2) is 0 Å². The fraction of sp³-hybridized carbons (Fsp3) is 1.00. The van der Waals surface area contributed by atoms with Crippen LogP contribution in [-0.2, 0) is 0 Å². The highest BCUT2D eigenvalue weighted by molar-refractivity contribution is 4.87. The summed E-state index contributed by atoms with van der Waals surface area (Å²) in [5, 5.41) is 24.1. The quantitative estimate of drug-likeness (QED) is 0.679. The van der Waals surface area contributed by atoms with Crippen molar-refractivity contribution in [1.29, 1.82) is 0 Å². The van der Waals surface area contributed by atoms with Crippen molar-refractivity contribution in [1.82, 2.24) is 5.32 Å². The molecule has 0 radical (unpaired) electrons. The summed E-state index contributed by atoms with van der Waals surface area (Å²) in [6, 6.07) is 0.194. The molecule has 0 heterocycles. The van der Waals surface area contributed by atoms with Gasteiger partial charge in [0.25, 0.3) is 0 Å². The molecule has 2 saturated carbocycles. The molecule has 3 heteroatoms. The van der Waals surface area contributed by atoms with E-state index in [1.165, 1.54) is 25.7 Å². The highest BCUT2D eigenvalue weighted by Gasteiger charge is 2.30. The van der Waals surface area contributed by atoms with Crippen molar-refractivity contribution in [3.8, 4) is 0 Å². The van der Waals surface area contributed by atoms with Crippen LogP contribution < -0.4 is 5.32 Å². The lowest BCUT2D eigenvalue weighted by Crippen LogP contribution is -2.48. The molecule has 18 heavy (non-hydrogen) atoms. The van der Waals surface area contributed by atoms with E-state index >= 15 is 0 Å². The zero-order chi connectivity index (χ0) is 12.8. The van der Waals surface area contributed by atoms with E-state index in [0.29, 0.717) is 6.54 Å². The smallest absolute Gasteiger partial charge is 0.0771 e. The lowest BCUT2D eigenvalue weighted by Gasteiger charge is -2.31. The minimum absolute atomic E-state index is 0.194. The summed E-state index contributed by atoms with van der Waals surface area (Å²) in [4.78, 5) is 0. The van der Waals surface area contributed by atoms with E-state index in [0.717, 1.165) is 44.9 Å². The Morgan fingerprint density at radius 3 is 2.22 bits per heavy atom. The van der Waals surface area contributed by atoms with E-state index in [4.69, 9.17) is 0 Å². The van der Waals surface area contributed by atoms with Crippen LogP contribution >= 0.6 is 0 Å². The third-order valence-corrected chi connectivity index (χ3v) is 4.71. The number of aliphatic hydroxyl groups is 2. The number of rotatable bonds is 3. The standard InChI is InChI=1S/C15H29NO2/c17-14-9-5-3-4-8-13(14)16-12-15(18)10-6-1-2-7-11-15/h13-14,16-18H,1-12H2. The molecule has 2 unspecified atom stereocenters. The van der Waals surface area contributed by atoms with E-state index in [1.807, 2.05) is 0 Å². The lowest BCUT2D eigenvalue weighted by molar-refractivity contribution is 0.0152. The van der Waals surface area contributed by atoms with Gasteiger partial charge in [0.2, 0.25) is 0 Å². The second kappa shape index (κ2) is 6.88. The highest BCUT2D eigenvalue weighted by atomic mass is 16.3. The Morgan fingerprint density at radius 2 is 1.50 bits per heavy atom. The first kappa shape index (κ1) is 14.3. The van der Waals surface area contributed by atoms with Crippen LogP contribution in [0.4, 0.5) is 0 Å². The molecule has 0 bridgehead atoms. The third-order valence-electron chi connectivity index (χ3n) is 4.71. The molecule has 2 fully saturated rings. The van der Waals surface area contributed by atoms with Crippen LogP contribution in [0.2, 0.25) is 0 Å². The summed E-state index contributed by atoms with van der Waals surface area (Å²) in [7, 11) is 0. The van der Waals surface area contributed by atoms with Crippen LogP contribution in [0.5, 0.6) is 0 Å². The largest absolute Gasteiger partial charge is 0.392 e. The average Bonchev–Trinajstić information content (AvgIpc) is 2.68. The maximum absolute atomic E-state index is 10.6. The van der Waals surface area contributed by atoms with Crippen LogP contribution in [-0.4, -0.2) is 34.5 Å². The van der Waals surface area contributed by atoms with E-state index in [1.54, 1.807) is 0 Å². The monoisotopic (exact) mass is 255 g/mol. The van der Waals surface area contributed by atoms with Crippen LogP contribution in [0.3, 0.4) is 0 Å². The van der Waals surface area contributed by atoms with Gasteiger partial charge in [-0.2, -0.15) is 0 Å². The number of nitrogens with one attached hydrogen (secondary N) is 1. The van der Waals surface area contributed by atoms with E-state index in [-0.39, 0.29) is 12.1 Å². The first-order chi connectivity index (χ1) is 8.70. The number of hydrogen-bond donors (Lipinski definition) is 3. The number of aliphatic hydroxyl groups excluding tert-OH is 1. The van der Waals surface area contributed by atoms with Gasteiger partial charge in [-0.1, -0.05) is 44.9 Å². The van der Waals surface area contributed by atoms with E-state index in [2.05, 4.69) is 5.32 Å². The molecule has 0 aromatic rings. The summed E-state index contributed by atoms with van der Waals surface area (Å²) in [6.45, 7) is 0.661. The molecule has 2 aliphatic rings. The molecule has 0 aromatic heterocycles. The first-order valence-corrected chi connectivity index (χ1v) is 7.83. The second-order valence-electron chi connectivity index (χ2n) is 6.33. The van der Waals surface area contributed by atoms with Gasteiger partial charge in [-0.15, -0.1) is 0 Å². The summed E-state index contributed by atoms with van der Waals surface area (Å²) >= 11 is 0. The van der Waals surface area contributed by atoms with Crippen molar-refractivity contribution in [3.05, 3.63) is 0 Å². The zero-order valence-electron chi connectivity index (χ0n) is 11.5. The van der Waals surface area contributed by atoms with Crippen molar-refractivity contribution in [3.63, 3.8) is 0 Å². The molecule has 0 spiro atoms. The maximum atomic E-state index is 10.6. The molecule has 106 valence electrons. The number of hydrogen-bond acceptors (Lipinski definition) is 3. The summed E-state index contributed by atoms with van der Waals surface area (Å²) in [5.41, 5.74) is -0.525. The van der Waals surface area contributed by atoms with E-state index < -0.39 is 5.60 Å². The minimum Gasteiger partial charge on any atom is -0.392 e. The minimum atomic E-state index is -0.525. The van der Waals surface area contributed by atoms with Crippen molar-refractivity contribution in [2.24, 2.45) is 0 Å². The van der Waals surface area contributed by atoms with Crippen molar-refractivity contribution in [2.75, 3.05) is 6.54 Å². The fourth-order valence-corrected chi connectivity index (χ4v) is 3.41.